The lowest BCUT2D eigenvalue weighted by Gasteiger charge is -2.07. The number of methoxy groups -OCH3 is 1. The van der Waals surface area contributed by atoms with Crippen LogP contribution in [0.1, 0.15) is 12.5 Å². The molecule has 2 rings (SSSR count). The van der Waals surface area contributed by atoms with Gasteiger partial charge in [0, 0.05) is 17.9 Å². The lowest BCUT2D eigenvalue weighted by Crippen LogP contribution is -1.93. The van der Waals surface area contributed by atoms with E-state index in [4.69, 9.17) is 4.74 Å². The molecular formula is C14H13NO3. The molecule has 0 bridgehead atoms. The van der Waals surface area contributed by atoms with Gasteiger partial charge in [0.05, 0.1) is 13.3 Å². The van der Waals surface area contributed by atoms with Crippen LogP contribution in [0.4, 0.5) is 0 Å². The molecule has 4 heteroatoms. The Labute approximate surface area is 105 Å². The normalized spacial score (nSPS) is 10.8. The van der Waals surface area contributed by atoms with Crippen LogP contribution in [-0.2, 0) is 9.63 Å². The second-order valence-electron chi connectivity index (χ2n) is 3.72. The van der Waals surface area contributed by atoms with Gasteiger partial charge in [-0.3, -0.25) is 0 Å². The largest absolute Gasteiger partial charge is 0.496 e. The van der Waals surface area contributed by atoms with E-state index in [9.17, 15) is 4.79 Å². The second-order valence-corrected chi connectivity index (χ2v) is 3.72. The minimum absolute atomic E-state index is 0.441. The first-order chi connectivity index (χ1) is 8.72. The van der Waals surface area contributed by atoms with Crippen molar-refractivity contribution in [3.05, 3.63) is 42.0 Å². The summed E-state index contributed by atoms with van der Waals surface area (Å²) in [5.74, 6) is 0.360. The summed E-state index contributed by atoms with van der Waals surface area (Å²) in [6.07, 6.45) is 1.52. The fraction of sp³-hybridized carbons (Fsp3) is 0.143. The van der Waals surface area contributed by atoms with Gasteiger partial charge >= 0.3 is 5.97 Å². The number of fused-ring (bicyclic) bond motifs is 1. The van der Waals surface area contributed by atoms with Crippen molar-refractivity contribution in [3.8, 4) is 5.75 Å². The number of rotatable bonds is 3. The van der Waals surface area contributed by atoms with Crippen molar-refractivity contribution in [2.75, 3.05) is 7.11 Å². The Bertz CT molecular complexity index is 605. The highest BCUT2D eigenvalue weighted by Crippen LogP contribution is 2.27. The minimum atomic E-state index is -0.441. The van der Waals surface area contributed by atoms with Gasteiger partial charge in [-0.25, -0.2) is 4.79 Å². The van der Waals surface area contributed by atoms with Crippen LogP contribution in [0.15, 0.2) is 41.6 Å². The monoisotopic (exact) mass is 243 g/mol. The van der Waals surface area contributed by atoms with E-state index in [-0.39, 0.29) is 0 Å². The van der Waals surface area contributed by atoms with Crippen molar-refractivity contribution in [1.82, 2.24) is 0 Å². The maximum Gasteiger partial charge on any atom is 0.331 e. The zero-order valence-corrected chi connectivity index (χ0v) is 10.2. The average molecular weight is 243 g/mol. The van der Waals surface area contributed by atoms with E-state index in [1.54, 1.807) is 7.11 Å². The molecule has 92 valence electrons. The van der Waals surface area contributed by atoms with E-state index in [1.165, 1.54) is 13.1 Å². The zero-order valence-electron chi connectivity index (χ0n) is 10.2. The molecule has 0 radical (unpaired) electrons. The summed E-state index contributed by atoms with van der Waals surface area (Å²) >= 11 is 0. The van der Waals surface area contributed by atoms with Gasteiger partial charge in [-0.15, -0.1) is 0 Å². The first-order valence-corrected chi connectivity index (χ1v) is 5.49. The minimum Gasteiger partial charge on any atom is -0.496 e. The van der Waals surface area contributed by atoms with Gasteiger partial charge < -0.3 is 9.57 Å². The van der Waals surface area contributed by atoms with Crippen molar-refractivity contribution >= 4 is 23.0 Å². The highest BCUT2D eigenvalue weighted by atomic mass is 16.7. The number of nitrogens with zero attached hydrogens (tertiary/aromatic N) is 1. The van der Waals surface area contributed by atoms with E-state index in [2.05, 4.69) is 9.99 Å². The highest BCUT2D eigenvalue weighted by Gasteiger charge is 2.04. The lowest BCUT2D eigenvalue weighted by atomic mass is 10.0. The molecule has 0 aliphatic carbocycles. The molecule has 18 heavy (non-hydrogen) atoms. The molecule has 0 N–H and O–H groups in total. The SMILES string of the molecule is COc1ccc(C=NOC(C)=O)c2ccccc12. The summed E-state index contributed by atoms with van der Waals surface area (Å²) in [5.41, 5.74) is 0.868. The van der Waals surface area contributed by atoms with Crippen LogP contribution in [-0.4, -0.2) is 19.3 Å². The van der Waals surface area contributed by atoms with Gasteiger partial charge in [-0.2, -0.15) is 0 Å². The summed E-state index contributed by atoms with van der Waals surface area (Å²) in [7, 11) is 1.63. The quantitative estimate of drug-likeness (QED) is 0.473. The third-order valence-electron chi connectivity index (χ3n) is 2.51. The van der Waals surface area contributed by atoms with Gasteiger partial charge in [0.25, 0.3) is 0 Å². The van der Waals surface area contributed by atoms with Gasteiger partial charge in [0.15, 0.2) is 0 Å². The maximum atomic E-state index is 10.6. The number of hydrogen-bond donors (Lipinski definition) is 0. The van der Waals surface area contributed by atoms with Crippen LogP contribution in [0.25, 0.3) is 10.8 Å². The third kappa shape index (κ3) is 2.48. The zero-order chi connectivity index (χ0) is 13.0. The molecule has 0 amide bonds. The number of carbonyl (C=O) groups excluding carboxylic acids is 1. The Hall–Kier alpha value is -2.36. The number of hydrogen-bond acceptors (Lipinski definition) is 4. The van der Waals surface area contributed by atoms with Crippen molar-refractivity contribution in [3.63, 3.8) is 0 Å². The molecule has 4 nitrogen and oxygen atoms in total. The number of ether oxygens (including phenoxy) is 1. The summed E-state index contributed by atoms with van der Waals surface area (Å²) in [6.45, 7) is 1.31. The highest BCUT2D eigenvalue weighted by molar-refractivity contribution is 6.02. The molecule has 0 aliphatic rings. The van der Waals surface area contributed by atoms with Crippen LogP contribution < -0.4 is 4.74 Å². The Balaban J connectivity index is 2.46. The second kappa shape index (κ2) is 5.31. The van der Waals surface area contributed by atoms with E-state index in [0.717, 1.165) is 22.1 Å². The molecule has 0 unspecified atom stereocenters. The Morgan fingerprint density at radius 3 is 2.56 bits per heavy atom. The maximum absolute atomic E-state index is 10.6. The van der Waals surface area contributed by atoms with Crippen LogP contribution in [0.2, 0.25) is 0 Å². The Kier molecular flexibility index (Phi) is 3.57. The molecule has 0 fully saturated rings. The molecule has 2 aromatic carbocycles. The molecular weight excluding hydrogens is 230 g/mol. The van der Waals surface area contributed by atoms with E-state index in [1.807, 2.05) is 36.4 Å². The molecule has 0 aromatic heterocycles. The fourth-order valence-corrected chi connectivity index (χ4v) is 1.74. The lowest BCUT2D eigenvalue weighted by molar-refractivity contribution is -0.140. The molecule has 0 saturated heterocycles. The molecule has 2 aromatic rings. The van der Waals surface area contributed by atoms with Gasteiger partial charge in [-0.1, -0.05) is 29.4 Å². The van der Waals surface area contributed by atoms with E-state index in [0.29, 0.717) is 0 Å². The molecule has 0 spiro atoms. The van der Waals surface area contributed by atoms with Crippen LogP contribution in [0.3, 0.4) is 0 Å². The third-order valence-corrected chi connectivity index (χ3v) is 2.51. The molecule has 0 heterocycles. The Morgan fingerprint density at radius 1 is 1.17 bits per heavy atom. The smallest absolute Gasteiger partial charge is 0.331 e. The first-order valence-electron chi connectivity index (χ1n) is 5.49. The number of carbonyl (C=O) groups is 1. The molecule has 0 aliphatic heterocycles. The fourth-order valence-electron chi connectivity index (χ4n) is 1.74. The first kappa shape index (κ1) is 12.1. The topological polar surface area (TPSA) is 47.9 Å². The predicted molar refractivity (Wildman–Crippen MR) is 69.9 cm³/mol. The summed E-state index contributed by atoms with van der Waals surface area (Å²) < 4.78 is 5.30. The van der Waals surface area contributed by atoms with Crippen LogP contribution in [0, 0.1) is 0 Å². The Morgan fingerprint density at radius 2 is 1.89 bits per heavy atom. The van der Waals surface area contributed by atoms with Crippen molar-refractivity contribution in [2.24, 2.45) is 5.16 Å². The van der Waals surface area contributed by atoms with Gasteiger partial charge in [-0.05, 0) is 17.5 Å². The van der Waals surface area contributed by atoms with Crippen molar-refractivity contribution < 1.29 is 14.4 Å². The van der Waals surface area contributed by atoms with Crippen molar-refractivity contribution in [2.45, 2.75) is 6.92 Å². The van der Waals surface area contributed by atoms with Crippen LogP contribution in [0.5, 0.6) is 5.75 Å². The van der Waals surface area contributed by atoms with Gasteiger partial charge in [0.1, 0.15) is 5.75 Å². The summed E-state index contributed by atoms with van der Waals surface area (Å²) in [4.78, 5) is 15.2. The summed E-state index contributed by atoms with van der Waals surface area (Å²) in [6, 6.07) is 11.5. The number of benzene rings is 2. The predicted octanol–water partition coefficient (Wildman–Crippen LogP) is 2.75. The molecule has 0 atom stereocenters. The number of oxime groups is 1. The van der Waals surface area contributed by atoms with E-state index < -0.39 is 5.97 Å². The molecule has 0 saturated carbocycles. The summed E-state index contributed by atoms with van der Waals surface area (Å²) in [5, 5.41) is 5.62. The van der Waals surface area contributed by atoms with E-state index >= 15 is 0 Å². The van der Waals surface area contributed by atoms with Gasteiger partial charge in [0.2, 0.25) is 0 Å². The standard InChI is InChI=1S/C14H13NO3/c1-10(16)18-15-9-11-7-8-14(17-2)13-6-4-3-5-12(11)13/h3-9H,1-2H3. The van der Waals surface area contributed by atoms with Crippen LogP contribution >= 0.6 is 0 Å². The average Bonchev–Trinajstić information content (AvgIpc) is 2.38. The van der Waals surface area contributed by atoms with Crippen molar-refractivity contribution in [1.29, 1.82) is 0 Å².